The molecule has 2 amide bonds. The highest BCUT2D eigenvalue weighted by Gasteiger charge is 2.32. The van der Waals surface area contributed by atoms with Crippen LogP contribution in [-0.4, -0.2) is 32.8 Å². The quantitative estimate of drug-likeness (QED) is 0.679. The van der Waals surface area contributed by atoms with E-state index in [0.29, 0.717) is 13.0 Å². The topological polar surface area (TPSA) is 67.2 Å². The number of aryl methyl sites for hydroxylation is 1. The third-order valence-electron chi connectivity index (χ3n) is 5.53. The summed E-state index contributed by atoms with van der Waals surface area (Å²) in [6.07, 6.45) is 6.04. The molecule has 6 heteroatoms. The lowest BCUT2D eigenvalue weighted by Gasteiger charge is -2.34. The Balaban J connectivity index is 1.51. The smallest absolute Gasteiger partial charge is 0.251 e. The van der Waals surface area contributed by atoms with Gasteiger partial charge >= 0.3 is 0 Å². The van der Waals surface area contributed by atoms with Crippen molar-refractivity contribution in [2.75, 3.05) is 11.9 Å². The highest BCUT2D eigenvalue weighted by atomic mass is 16.2. The van der Waals surface area contributed by atoms with Gasteiger partial charge in [-0.2, -0.15) is 0 Å². The van der Waals surface area contributed by atoms with E-state index in [0.717, 1.165) is 42.0 Å². The molecule has 0 spiro atoms. The third kappa shape index (κ3) is 4.43. The van der Waals surface area contributed by atoms with Gasteiger partial charge in [0.05, 0.1) is 0 Å². The van der Waals surface area contributed by atoms with Crippen molar-refractivity contribution in [1.29, 1.82) is 0 Å². The average molecular weight is 402 g/mol. The second kappa shape index (κ2) is 8.95. The molecule has 1 aliphatic heterocycles. The molecule has 1 aliphatic rings. The van der Waals surface area contributed by atoms with E-state index in [1.54, 1.807) is 11.1 Å². The summed E-state index contributed by atoms with van der Waals surface area (Å²) < 4.78 is 2.07. The van der Waals surface area contributed by atoms with Crippen LogP contribution in [0.4, 0.5) is 5.69 Å². The summed E-state index contributed by atoms with van der Waals surface area (Å²) in [5, 5.41) is 3.00. The number of carbonyl (C=O) groups is 2. The Morgan fingerprint density at radius 1 is 1.10 bits per heavy atom. The first-order valence-corrected chi connectivity index (χ1v) is 10.3. The van der Waals surface area contributed by atoms with Crippen molar-refractivity contribution in [3.8, 4) is 0 Å². The Hall–Kier alpha value is -3.41. The van der Waals surface area contributed by atoms with E-state index in [-0.39, 0.29) is 11.8 Å². The Kier molecular flexibility index (Phi) is 5.93. The first-order valence-electron chi connectivity index (χ1n) is 10.3. The van der Waals surface area contributed by atoms with Crippen LogP contribution in [-0.2, 0) is 16.1 Å². The largest absolute Gasteiger partial charge is 0.331 e. The maximum atomic E-state index is 13.2. The predicted octanol–water partition coefficient (Wildman–Crippen LogP) is 3.93. The first kappa shape index (κ1) is 19.9. The first-order chi connectivity index (χ1) is 14.6. The zero-order chi connectivity index (χ0) is 20.9. The summed E-state index contributed by atoms with van der Waals surface area (Å²) in [6.45, 7) is 3.31. The lowest BCUT2D eigenvalue weighted by Crippen LogP contribution is -2.43. The van der Waals surface area contributed by atoms with Crippen LogP contribution in [0.1, 0.15) is 42.3 Å². The van der Waals surface area contributed by atoms with Crippen LogP contribution in [0.2, 0.25) is 0 Å². The van der Waals surface area contributed by atoms with Gasteiger partial charge in [0, 0.05) is 37.6 Å². The number of piperidine rings is 1. The fraction of sp³-hybridized carbons (Fsp3) is 0.292. The van der Waals surface area contributed by atoms with Crippen LogP contribution in [0.5, 0.6) is 0 Å². The number of hydrogen-bond acceptors (Lipinski definition) is 3. The van der Waals surface area contributed by atoms with Gasteiger partial charge in [0.15, 0.2) is 0 Å². The van der Waals surface area contributed by atoms with E-state index in [1.165, 1.54) is 0 Å². The molecule has 0 radical (unpaired) electrons. The molecule has 1 fully saturated rings. The number of benzene rings is 2. The monoisotopic (exact) mass is 402 g/mol. The van der Waals surface area contributed by atoms with Gasteiger partial charge in [-0.3, -0.25) is 9.59 Å². The molecule has 0 aliphatic carbocycles. The minimum absolute atomic E-state index is 0.0382. The molecule has 30 heavy (non-hydrogen) atoms. The Morgan fingerprint density at radius 3 is 2.53 bits per heavy atom. The second-order valence-electron chi connectivity index (χ2n) is 7.65. The van der Waals surface area contributed by atoms with Crippen molar-refractivity contribution in [2.24, 2.45) is 0 Å². The number of aromatic nitrogens is 2. The maximum Gasteiger partial charge on any atom is 0.251 e. The molecule has 2 heterocycles. The van der Waals surface area contributed by atoms with Crippen LogP contribution in [0, 0.1) is 6.92 Å². The normalized spacial score (nSPS) is 15.1. The fourth-order valence-electron chi connectivity index (χ4n) is 3.88. The van der Waals surface area contributed by atoms with E-state index in [1.807, 2.05) is 67.7 Å². The van der Waals surface area contributed by atoms with E-state index in [2.05, 4.69) is 14.9 Å². The maximum absolute atomic E-state index is 13.2. The lowest BCUT2D eigenvalue weighted by atomic mass is 10.0. The van der Waals surface area contributed by atoms with Gasteiger partial charge < -0.3 is 14.8 Å². The Labute approximate surface area is 176 Å². The van der Waals surface area contributed by atoms with Gasteiger partial charge in [0.1, 0.15) is 11.9 Å². The molecular weight excluding hydrogens is 376 g/mol. The van der Waals surface area contributed by atoms with Crippen LogP contribution >= 0.6 is 0 Å². The summed E-state index contributed by atoms with van der Waals surface area (Å²) in [6, 6.07) is 16.7. The van der Waals surface area contributed by atoms with E-state index < -0.39 is 6.04 Å². The molecule has 1 atom stereocenters. The van der Waals surface area contributed by atoms with E-state index >= 15 is 0 Å². The van der Waals surface area contributed by atoms with Gasteiger partial charge in [-0.15, -0.1) is 0 Å². The number of rotatable bonds is 6. The molecule has 6 nitrogen and oxygen atoms in total. The summed E-state index contributed by atoms with van der Waals surface area (Å²) in [5.41, 5.74) is 2.67. The van der Waals surface area contributed by atoms with Crippen molar-refractivity contribution in [1.82, 2.24) is 14.5 Å². The second-order valence-corrected chi connectivity index (χ2v) is 7.65. The van der Waals surface area contributed by atoms with E-state index in [4.69, 9.17) is 0 Å². The number of likely N-dealkylation sites (tertiary alicyclic amines) is 1. The molecule has 1 aromatic heterocycles. The Morgan fingerprint density at radius 2 is 1.87 bits per heavy atom. The number of anilines is 1. The summed E-state index contributed by atoms with van der Waals surface area (Å²) in [7, 11) is 0. The molecule has 3 aromatic rings. The standard InChI is InChI=1S/C24H26N4O2/c1-18-25-14-16-27(18)17-19-10-12-21(13-11-19)26-24(30)23(20-7-3-2-4-8-20)28-15-6-5-9-22(28)29/h2-4,7-8,10-14,16,23H,5-6,9,15,17H2,1H3,(H,26,30). The van der Waals surface area contributed by atoms with Crippen LogP contribution in [0.3, 0.4) is 0 Å². The van der Waals surface area contributed by atoms with Crippen LogP contribution < -0.4 is 5.32 Å². The number of nitrogens with one attached hydrogen (secondary N) is 1. The number of nitrogens with zero attached hydrogens (tertiary/aromatic N) is 3. The molecule has 0 saturated carbocycles. The van der Waals surface area contributed by atoms with Gasteiger partial charge in [-0.25, -0.2) is 4.98 Å². The van der Waals surface area contributed by atoms with Crippen molar-refractivity contribution in [3.05, 3.63) is 83.9 Å². The molecule has 154 valence electrons. The van der Waals surface area contributed by atoms with E-state index in [9.17, 15) is 9.59 Å². The minimum atomic E-state index is -0.618. The SMILES string of the molecule is Cc1nccn1Cc1ccc(NC(=O)C(c2ccccc2)N2CCCCC2=O)cc1. The number of imidazole rings is 1. The third-order valence-corrected chi connectivity index (χ3v) is 5.53. The fourth-order valence-corrected chi connectivity index (χ4v) is 3.88. The summed E-state index contributed by atoms with van der Waals surface area (Å²) in [5.74, 6) is 0.815. The molecule has 0 bridgehead atoms. The minimum Gasteiger partial charge on any atom is -0.331 e. The summed E-state index contributed by atoms with van der Waals surface area (Å²) in [4.78, 5) is 31.7. The molecule has 2 aromatic carbocycles. The van der Waals surface area contributed by atoms with Gasteiger partial charge in [0.25, 0.3) is 5.91 Å². The summed E-state index contributed by atoms with van der Waals surface area (Å²) >= 11 is 0. The highest BCUT2D eigenvalue weighted by molar-refractivity contribution is 5.98. The van der Waals surface area contributed by atoms with Crippen molar-refractivity contribution < 1.29 is 9.59 Å². The molecule has 1 saturated heterocycles. The van der Waals surface area contributed by atoms with Gasteiger partial charge in [-0.05, 0) is 43.0 Å². The van der Waals surface area contributed by atoms with Crippen molar-refractivity contribution in [2.45, 2.75) is 38.8 Å². The zero-order valence-corrected chi connectivity index (χ0v) is 17.1. The molecule has 4 rings (SSSR count). The van der Waals surface area contributed by atoms with Crippen LogP contribution in [0.25, 0.3) is 0 Å². The highest BCUT2D eigenvalue weighted by Crippen LogP contribution is 2.27. The predicted molar refractivity (Wildman–Crippen MR) is 116 cm³/mol. The Bertz CT molecular complexity index is 1010. The zero-order valence-electron chi connectivity index (χ0n) is 17.1. The average Bonchev–Trinajstić information content (AvgIpc) is 3.16. The molecule has 1 N–H and O–H groups in total. The number of carbonyl (C=O) groups excluding carboxylic acids is 2. The number of amides is 2. The van der Waals surface area contributed by atoms with Gasteiger partial charge in [0.2, 0.25) is 5.91 Å². The van der Waals surface area contributed by atoms with Crippen molar-refractivity contribution >= 4 is 17.5 Å². The molecule has 1 unspecified atom stereocenters. The van der Waals surface area contributed by atoms with Gasteiger partial charge in [-0.1, -0.05) is 42.5 Å². The lowest BCUT2D eigenvalue weighted by molar-refractivity contribution is -0.141. The van der Waals surface area contributed by atoms with Crippen molar-refractivity contribution in [3.63, 3.8) is 0 Å². The number of hydrogen-bond donors (Lipinski definition) is 1. The molecular formula is C24H26N4O2. The van der Waals surface area contributed by atoms with Crippen LogP contribution in [0.15, 0.2) is 67.0 Å².